The van der Waals surface area contributed by atoms with E-state index in [2.05, 4.69) is 26.7 Å². The molecule has 0 saturated carbocycles. The van der Waals surface area contributed by atoms with Gasteiger partial charge in [0.25, 0.3) is 0 Å². The summed E-state index contributed by atoms with van der Waals surface area (Å²) in [5.41, 5.74) is 0. The second-order valence-electron chi connectivity index (χ2n) is 4.17. The minimum atomic E-state index is 0.640. The van der Waals surface area contributed by atoms with Crippen LogP contribution in [0.1, 0.15) is 4.88 Å². The monoisotopic (exact) mass is 324 g/mol. The highest BCUT2D eigenvalue weighted by molar-refractivity contribution is 7.17. The first-order valence-corrected chi connectivity index (χ1v) is 8.25. The molecule has 3 heterocycles. The summed E-state index contributed by atoms with van der Waals surface area (Å²) >= 11 is 9.17. The largest absolute Gasteiger partial charge is 0.369 e. The van der Waals surface area contributed by atoms with E-state index in [0.29, 0.717) is 5.95 Å². The second-order valence-corrected chi connectivity index (χ2v) is 6.86. The standard InChI is InChI=1S/C13H13ClN4S2/c1-15-13-17-11(9-5-7-19-12(9)18-13)16-6-4-8-2-3-10(14)20-8/h2-3,5,7H,4,6H2,1H3,(H2,15,16,17,18). The van der Waals surface area contributed by atoms with Crippen LogP contribution in [0.15, 0.2) is 23.6 Å². The van der Waals surface area contributed by atoms with E-state index in [1.165, 1.54) is 4.88 Å². The molecule has 20 heavy (non-hydrogen) atoms. The van der Waals surface area contributed by atoms with Crippen LogP contribution in [0.4, 0.5) is 11.8 Å². The number of thiophene rings is 2. The number of nitrogens with zero attached hydrogens (tertiary/aromatic N) is 2. The Balaban J connectivity index is 1.74. The van der Waals surface area contributed by atoms with E-state index in [0.717, 1.165) is 33.3 Å². The van der Waals surface area contributed by atoms with Crippen molar-refractivity contribution >= 4 is 56.3 Å². The van der Waals surface area contributed by atoms with Crippen LogP contribution in [-0.4, -0.2) is 23.6 Å². The first-order chi connectivity index (χ1) is 9.76. The summed E-state index contributed by atoms with van der Waals surface area (Å²) in [5.74, 6) is 1.52. The first kappa shape index (κ1) is 13.6. The van der Waals surface area contributed by atoms with Crippen molar-refractivity contribution in [2.45, 2.75) is 6.42 Å². The average molecular weight is 325 g/mol. The molecule has 4 nitrogen and oxygen atoms in total. The van der Waals surface area contributed by atoms with Crippen LogP contribution in [0.2, 0.25) is 4.34 Å². The summed E-state index contributed by atoms with van der Waals surface area (Å²) in [6.07, 6.45) is 0.932. The average Bonchev–Trinajstić information content (AvgIpc) is 3.07. The van der Waals surface area contributed by atoms with Crippen LogP contribution in [0.25, 0.3) is 10.2 Å². The Labute approximate surface area is 129 Å². The quantitative estimate of drug-likeness (QED) is 0.741. The third-order valence-corrected chi connectivity index (χ3v) is 4.94. The second kappa shape index (κ2) is 5.95. The summed E-state index contributed by atoms with van der Waals surface area (Å²) < 4.78 is 0.833. The SMILES string of the molecule is CNc1nc(NCCc2ccc(Cl)s2)c2ccsc2n1. The van der Waals surface area contributed by atoms with Crippen molar-refractivity contribution in [1.29, 1.82) is 0 Å². The molecule has 0 radical (unpaired) electrons. The van der Waals surface area contributed by atoms with Gasteiger partial charge in [0.1, 0.15) is 10.6 Å². The Morgan fingerprint density at radius 3 is 2.90 bits per heavy atom. The molecule has 104 valence electrons. The number of hydrogen-bond donors (Lipinski definition) is 2. The Hall–Kier alpha value is -1.37. The molecule has 0 unspecified atom stereocenters. The molecule has 0 aliphatic heterocycles. The maximum atomic E-state index is 5.93. The summed E-state index contributed by atoms with van der Waals surface area (Å²) in [5, 5.41) is 9.47. The van der Waals surface area contributed by atoms with Crippen molar-refractivity contribution < 1.29 is 0 Å². The van der Waals surface area contributed by atoms with Crippen molar-refractivity contribution in [3.05, 3.63) is 32.8 Å². The predicted molar refractivity (Wildman–Crippen MR) is 88.5 cm³/mol. The van der Waals surface area contributed by atoms with Gasteiger partial charge in [-0.05, 0) is 30.0 Å². The van der Waals surface area contributed by atoms with Gasteiger partial charge in [-0.2, -0.15) is 4.98 Å². The smallest absolute Gasteiger partial charge is 0.225 e. The molecule has 0 spiro atoms. The van der Waals surface area contributed by atoms with E-state index < -0.39 is 0 Å². The molecule has 0 bridgehead atoms. The Morgan fingerprint density at radius 1 is 1.25 bits per heavy atom. The van der Waals surface area contributed by atoms with Crippen molar-refractivity contribution in [1.82, 2.24) is 9.97 Å². The van der Waals surface area contributed by atoms with Gasteiger partial charge in [-0.15, -0.1) is 22.7 Å². The normalized spacial score (nSPS) is 10.9. The van der Waals surface area contributed by atoms with Gasteiger partial charge in [0, 0.05) is 18.5 Å². The van der Waals surface area contributed by atoms with Gasteiger partial charge in [-0.3, -0.25) is 0 Å². The molecule has 3 rings (SSSR count). The molecule has 3 aromatic rings. The van der Waals surface area contributed by atoms with Crippen molar-refractivity contribution in [2.75, 3.05) is 24.2 Å². The molecular formula is C13H13ClN4S2. The highest BCUT2D eigenvalue weighted by Crippen LogP contribution is 2.26. The van der Waals surface area contributed by atoms with E-state index in [1.807, 2.05) is 24.6 Å². The maximum absolute atomic E-state index is 5.93. The lowest BCUT2D eigenvalue weighted by molar-refractivity contribution is 1.03. The van der Waals surface area contributed by atoms with Gasteiger partial charge in [0.15, 0.2) is 0 Å². The molecule has 0 fully saturated rings. The minimum absolute atomic E-state index is 0.640. The molecule has 0 aliphatic carbocycles. The van der Waals surface area contributed by atoms with Crippen molar-refractivity contribution in [2.24, 2.45) is 0 Å². The van der Waals surface area contributed by atoms with Crippen LogP contribution in [0.3, 0.4) is 0 Å². The maximum Gasteiger partial charge on any atom is 0.225 e. The van der Waals surface area contributed by atoms with Crippen LogP contribution < -0.4 is 10.6 Å². The van der Waals surface area contributed by atoms with Gasteiger partial charge < -0.3 is 10.6 Å². The van der Waals surface area contributed by atoms with Crippen LogP contribution >= 0.6 is 34.3 Å². The van der Waals surface area contributed by atoms with E-state index in [-0.39, 0.29) is 0 Å². The lowest BCUT2D eigenvalue weighted by Crippen LogP contribution is -2.07. The van der Waals surface area contributed by atoms with E-state index in [1.54, 1.807) is 22.7 Å². The summed E-state index contributed by atoms with van der Waals surface area (Å²) in [4.78, 5) is 11.2. The number of rotatable bonds is 5. The fourth-order valence-electron chi connectivity index (χ4n) is 1.89. The summed E-state index contributed by atoms with van der Waals surface area (Å²) in [7, 11) is 1.83. The fourth-order valence-corrected chi connectivity index (χ4v) is 3.74. The number of halogens is 1. The van der Waals surface area contributed by atoms with E-state index >= 15 is 0 Å². The first-order valence-electron chi connectivity index (χ1n) is 6.17. The zero-order valence-corrected chi connectivity index (χ0v) is 13.2. The predicted octanol–water partition coefficient (Wildman–Crippen LogP) is 4.10. The molecule has 0 amide bonds. The van der Waals surface area contributed by atoms with E-state index in [4.69, 9.17) is 11.6 Å². The zero-order chi connectivity index (χ0) is 13.9. The third-order valence-electron chi connectivity index (χ3n) is 2.84. The van der Waals surface area contributed by atoms with Gasteiger partial charge in [-0.25, -0.2) is 4.98 Å². The highest BCUT2D eigenvalue weighted by Gasteiger charge is 2.08. The number of fused-ring (bicyclic) bond motifs is 1. The number of aromatic nitrogens is 2. The third kappa shape index (κ3) is 2.87. The fraction of sp³-hybridized carbons (Fsp3) is 0.231. The van der Waals surface area contributed by atoms with Gasteiger partial charge in [0.05, 0.1) is 9.72 Å². The number of hydrogen-bond acceptors (Lipinski definition) is 6. The van der Waals surface area contributed by atoms with Crippen LogP contribution in [0, 0.1) is 0 Å². The molecule has 0 aliphatic rings. The lowest BCUT2D eigenvalue weighted by Gasteiger charge is -2.07. The Bertz CT molecular complexity index is 722. The topological polar surface area (TPSA) is 49.8 Å². The van der Waals surface area contributed by atoms with Gasteiger partial charge >= 0.3 is 0 Å². The van der Waals surface area contributed by atoms with E-state index in [9.17, 15) is 0 Å². The Kier molecular flexibility index (Phi) is 4.05. The molecule has 7 heteroatoms. The lowest BCUT2D eigenvalue weighted by atomic mass is 10.3. The number of anilines is 2. The molecule has 0 saturated heterocycles. The molecule has 0 aromatic carbocycles. The van der Waals surface area contributed by atoms with Crippen molar-refractivity contribution in [3.8, 4) is 0 Å². The van der Waals surface area contributed by atoms with Gasteiger partial charge in [0.2, 0.25) is 5.95 Å². The molecular weight excluding hydrogens is 312 g/mol. The minimum Gasteiger partial charge on any atom is -0.369 e. The van der Waals surface area contributed by atoms with Crippen LogP contribution in [0.5, 0.6) is 0 Å². The van der Waals surface area contributed by atoms with Crippen molar-refractivity contribution in [3.63, 3.8) is 0 Å². The summed E-state index contributed by atoms with van der Waals surface area (Å²) in [6.45, 7) is 0.821. The molecule has 0 atom stereocenters. The zero-order valence-electron chi connectivity index (χ0n) is 10.8. The van der Waals surface area contributed by atoms with Gasteiger partial charge in [-0.1, -0.05) is 11.6 Å². The highest BCUT2D eigenvalue weighted by atomic mass is 35.5. The Morgan fingerprint density at radius 2 is 2.15 bits per heavy atom. The molecule has 3 aromatic heterocycles. The molecule has 2 N–H and O–H groups in total. The number of nitrogens with one attached hydrogen (secondary N) is 2. The van der Waals surface area contributed by atoms with Crippen LogP contribution in [-0.2, 0) is 6.42 Å². The summed E-state index contributed by atoms with van der Waals surface area (Å²) in [6, 6.07) is 6.04.